The molecule has 0 unspecified atom stereocenters. The molecule has 144 valence electrons. The number of para-hydroxylation sites is 2. The predicted molar refractivity (Wildman–Crippen MR) is 119 cm³/mol. The van der Waals surface area contributed by atoms with Crippen LogP contribution in [0.1, 0.15) is 5.56 Å². The summed E-state index contributed by atoms with van der Waals surface area (Å²) in [5.74, 6) is 0. The fourth-order valence-corrected chi connectivity index (χ4v) is 3.81. The number of pyridine rings is 1. The lowest BCUT2D eigenvalue weighted by Crippen LogP contribution is -2.11. The molecule has 5 nitrogen and oxygen atoms in total. The third-order valence-corrected chi connectivity index (χ3v) is 5.07. The molecule has 0 saturated carbocycles. The molecule has 0 aliphatic carbocycles. The average Bonchev–Trinajstić information content (AvgIpc) is 2.63. The SMILES string of the molecule is Cc1c(Nc2c3ccccc3nc3ccccc23)cccc1NS(C)(=O)=O.Cl. The van der Waals surface area contributed by atoms with E-state index in [2.05, 4.69) is 10.0 Å². The van der Waals surface area contributed by atoms with Gasteiger partial charge in [0.2, 0.25) is 10.0 Å². The minimum absolute atomic E-state index is 0. The summed E-state index contributed by atoms with van der Waals surface area (Å²) >= 11 is 0. The third-order valence-electron chi connectivity index (χ3n) is 4.48. The van der Waals surface area contributed by atoms with Gasteiger partial charge in [0.15, 0.2) is 0 Å². The van der Waals surface area contributed by atoms with E-state index in [4.69, 9.17) is 4.98 Å². The van der Waals surface area contributed by atoms with Crippen LogP contribution in [-0.4, -0.2) is 19.7 Å². The lowest BCUT2D eigenvalue weighted by Gasteiger charge is -2.17. The average molecular weight is 414 g/mol. The van der Waals surface area contributed by atoms with Gasteiger partial charge in [-0.05, 0) is 36.8 Å². The van der Waals surface area contributed by atoms with Gasteiger partial charge < -0.3 is 5.32 Å². The molecule has 0 atom stereocenters. The minimum Gasteiger partial charge on any atom is -0.354 e. The topological polar surface area (TPSA) is 71.1 Å². The molecule has 4 rings (SSSR count). The number of rotatable bonds is 4. The molecule has 2 N–H and O–H groups in total. The number of sulfonamides is 1. The summed E-state index contributed by atoms with van der Waals surface area (Å²) in [5, 5.41) is 5.53. The highest BCUT2D eigenvalue weighted by molar-refractivity contribution is 7.92. The van der Waals surface area contributed by atoms with E-state index in [1.54, 1.807) is 6.07 Å². The van der Waals surface area contributed by atoms with Crippen LogP contribution in [0.15, 0.2) is 66.7 Å². The molecular formula is C21H20ClN3O2S. The first-order valence-electron chi connectivity index (χ1n) is 8.54. The van der Waals surface area contributed by atoms with Crippen LogP contribution in [0.3, 0.4) is 0 Å². The molecule has 4 aromatic rings. The van der Waals surface area contributed by atoms with Crippen LogP contribution in [-0.2, 0) is 10.0 Å². The van der Waals surface area contributed by atoms with Crippen molar-refractivity contribution in [3.05, 3.63) is 72.3 Å². The Morgan fingerprint density at radius 1 is 0.786 bits per heavy atom. The van der Waals surface area contributed by atoms with E-state index < -0.39 is 10.0 Å². The monoisotopic (exact) mass is 413 g/mol. The summed E-state index contributed by atoms with van der Waals surface area (Å²) in [6.07, 6.45) is 1.15. The molecule has 0 fully saturated rings. The van der Waals surface area contributed by atoms with Crippen LogP contribution in [0.25, 0.3) is 21.8 Å². The Morgan fingerprint density at radius 2 is 1.32 bits per heavy atom. The maximum Gasteiger partial charge on any atom is 0.229 e. The molecule has 0 spiro atoms. The molecule has 1 aromatic heterocycles. The fourth-order valence-electron chi connectivity index (χ4n) is 3.19. The number of fused-ring (bicyclic) bond motifs is 2. The van der Waals surface area contributed by atoms with Crippen molar-refractivity contribution in [1.82, 2.24) is 4.98 Å². The van der Waals surface area contributed by atoms with Crippen molar-refractivity contribution in [3.63, 3.8) is 0 Å². The Bertz CT molecular complexity index is 1220. The molecule has 1 heterocycles. The number of benzene rings is 3. The summed E-state index contributed by atoms with van der Waals surface area (Å²) in [5.41, 5.74) is 4.99. The summed E-state index contributed by atoms with van der Waals surface area (Å²) in [6.45, 7) is 1.89. The van der Waals surface area contributed by atoms with E-state index >= 15 is 0 Å². The normalized spacial score (nSPS) is 11.2. The molecule has 3 aromatic carbocycles. The quantitative estimate of drug-likeness (QED) is 0.449. The van der Waals surface area contributed by atoms with E-state index in [0.29, 0.717) is 5.69 Å². The van der Waals surface area contributed by atoms with Gasteiger partial charge in [0.25, 0.3) is 0 Å². The minimum atomic E-state index is -3.35. The first-order chi connectivity index (χ1) is 12.9. The Labute approximate surface area is 170 Å². The Hall–Kier alpha value is -2.83. The highest BCUT2D eigenvalue weighted by Crippen LogP contribution is 2.35. The Balaban J connectivity index is 0.00000225. The number of halogens is 1. The highest BCUT2D eigenvalue weighted by Gasteiger charge is 2.12. The maximum atomic E-state index is 11.6. The third kappa shape index (κ3) is 3.88. The molecule has 0 aliphatic rings. The van der Waals surface area contributed by atoms with E-state index in [0.717, 1.165) is 45.0 Å². The first kappa shape index (κ1) is 19.9. The van der Waals surface area contributed by atoms with Crippen LogP contribution >= 0.6 is 12.4 Å². The van der Waals surface area contributed by atoms with Crippen molar-refractivity contribution < 1.29 is 8.42 Å². The zero-order valence-electron chi connectivity index (χ0n) is 15.4. The van der Waals surface area contributed by atoms with Gasteiger partial charge >= 0.3 is 0 Å². The van der Waals surface area contributed by atoms with E-state index in [-0.39, 0.29) is 12.4 Å². The molecule has 0 amide bonds. The maximum absolute atomic E-state index is 11.6. The number of hydrogen-bond acceptors (Lipinski definition) is 4. The van der Waals surface area contributed by atoms with Gasteiger partial charge in [-0.3, -0.25) is 4.72 Å². The molecule has 0 radical (unpaired) electrons. The van der Waals surface area contributed by atoms with Crippen molar-refractivity contribution in [3.8, 4) is 0 Å². The summed E-state index contributed by atoms with van der Waals surface area (Å²) in [7, 11) is -3.35. The number of aromatic nitrogens is 1. The second-order valence-corrected chi connectivity index (χ2v) is 8.25. The first-order valence-corrected chi connectivity index (χ1v) is 10.4. The molecule has 7 heteroatoms. The van der Waals surface area contributed by atoms with Gasteiger partial charge in [-0.25, -0.2) is 13.4 Å². The van der Waals surface area contributed by atoms with E-state index in [1.165, 1.54) is 0 Å². The van der Waals surface area contributed by atoms with Gasteiger partial charge in [0.05, 0.1) is 28.7 Å². The van der Waals surface area contributed by atoms with Gasteiger partial charge in [0.1, 0.15) is 0 Å². The number of nitrogens with zero attached hydrogens (tertiary/aromatic N) is 1. The predicted octanol–water partition coefficient (Wildman–Crippen LogP) is 5.23. The number of nitrogens with one attached hydrogen (secondary N) is 2. The van der Waals surface area contributed by atoms with Gasteiger partial charge in [0, 0.05) is 16.5 Å². The van der Waals surface area contributed by atoms with Crippen molar-refractivity contribution in [2.24, 2.45) is 0 Å². The second-order valence-electron chi connectivity index (χ2n) is 6.50. The van der Waals surface area contributed by atoms with Crippen LogP contribution in [0.4, 0.5) is 17.1 Å². The highest BCUT2D eigenvalue weighted by atomic mass is 35.5. The van der Waals surface area contributed by atoms with Gasteiger partial charge in [-0.2, -0.15) is 0 Å². The van der Waals surface area contributed by atoms with E-state index in [1.807, 2.05) is 67.6 Å². The molecular weight excluding hydrogens is 394 g/mol. The van der Waals surface area contributed by atoms with Crippen molar-refractivity contribution in [2.75, 3.05) is 16.3 Å². The summed E-state index contributed by atoms with van der Waals surface area (Å²) in [4.78, 5) is 4.74. The Morgan fingerprint density at radius 3 is 1.89 bits per heavy atom. The van der Waals surface area contributed by atoms with Crippen molar-refractivity contribution in [2.45, 2.75) is 6.92 Å². The van der Waals surface area contributed by atoms with Gasteiger partial charge in [-0.1, -0.05) is 42.5 Å². The van der Waals surface area contributed by atoms with E-state index in [9.17, 15) is 8.42 Å². The smallest absolute Gasteiger partial charge is 0.229 e. The standard InChI is InChI=1S/C21H19N3O2S.ClH/c1-14-17(12-7-13-18(14)24-27(2,25)26)23-21-15-8-3-5-10-19(15)22-20-11-6-4-9-16(20)21;/h3-13,24H,1-2H3,(H,22,23);1H. The summed E-state index contributed by atoms with van der Waals surface area (Å²) in [6, 6.07) is 21.5. The van der Waals surface area contributed by atoms with Crippen LogP contribution in [0.5, 0.6) is 0 Å². The largest absolute Gasteiger partial charge is 0.354 e. The molecule has 0 bridgehead atoms. The lowest BCUT2D eigenvalue weighted by molar-refractivity contribution is 0.607. The number of anilines is 3. The zero-order valence-corrected chi connectivity index (χ0v) is 17.1. The summed E-state index contributed by atoms with van der Waals surface area (Å²) < 4.78 is 25.8. The van der Waals surface area contributed by atoms with Crippen LogP contribution in [0.2, 0.25) is 0 Å². The zero-order chi connectivity index (χ0) is 19.0. The molecule has 28 heavy (non-hydrogen) atoms. The Kier molecular flexibility index (Phi) is 5.45. The molecule has 0 saturated heterocycles. The fraction of sp³-hybridized carbons (Fsp3) is 0.0952. The van der Waals surface area contributed by atoms with Crippen molar-refractivity contribution >= 4 is 61.3 Å². The number of hydrogen-bond donors (Lipinski definition) is 2. The second kappa shape index (κ2) is 7.66. The van der Waals surface area contributed by atoms with Crippen molar-refractivity contribution in [1.29, 1.82) is 0 Å². The van der Waals surface area contributed by atoms with Crippen LogP contribution < -0.4 is 10.0 Å². The molecule has 0 aliphatic heterocycles. The van der Waals surface area contributed by atoms with Crippen LogP contribution in [0, 0.1) is 6.92 Å². The lowest BCUT2D eigenvalue weighted by atomic mass is 10.1. The van der Waals surface area contributed by atoms with Gasteiger partial charge in [-0.15, -0.1) is 12.4 Å².